The number of pyridine rings is 1. The van der Waals surface area contributed by atoms with Crippen LogP contribution in [0.15, 0.2) is 60.7 Å². The first-order valence-corrected chi connectivity index (χ1v) is 10.3. The molecule has 4 aromatic rings. The molecule has 0 saturated heterocycles. The molecule has 0 saturated carbocycles. The van der Waals surface area contributed by atoms with Crippen LogP contribution in [0.2, 0.25) is 0 Å². The van der Waals surface area contributed by atoms with Crippen molar-refractivity contribution in [1.29, 1.82) is 5.41 Å². The number of fused-ring (bicyclic) bond motifs is 2. The van der Waals surface area contributed by atoms with E-state index in [1.54, 1.807) is 0 Å². The van der Waals surface area contributed by atoms with Gasteiger partial charge in [0.2, 0.25) is 0 Å². The zero-order valence-corrected chi connectivity index (χ0v) is 18.3. The Labute approximate surface area is 183 Å². The van der Waals surface area contributed by atoms with Crippen LogP contribution in [-0.2, 0) is 0 Å². The summed E-state index contributed by atoms with van der Waals surface area (Å²) in [4.78, 5) is 4.90. The monoisotopic (exact) mass is 414 g/mol. The van der Waals surface area contributed by atoms with Gasteiger partial charge in [-0.25, -0.2) is 4.98 Å². The van der Waals surface area contributed by atoms with Crippen molar-refractivity contribution in [3.63, 3.8) is 0 Å². The third-order valence-electron chi connectivity index (χ3n) is 5.15. The van der Waals surface area contributed by atoms with Crippen molar-refractivity contribution in [3.05, 3.63) is 71.8 Å². The maximum Gasteiger partial charge on any atom is 0.0765 e. The van der Waals surface area contributed by atoms with Crippen molar-refractivity contribution in [2.75, 3.05) is 30.8 Å². The summed E-state index contributed by atoms with van der Waals surface area (Å²) < 4.78 is 0. The van der Waals surface area contributed by atoms with E-state index in [4.69, 9.17) is 10.4 Å². The Hall–Kier alpha value is -3.64. The summed E-state index contributed by atoms with van der Waals surface area (Å²) in [6.07, 6.45) is 0.750. The van der Waals surface area contributed by atoms with Gasteiger partial charge in [0, 0.05) is 35.2 Å². The maximum absolute atomic E-state index is 5.86. The van der Waals surface area contributed by atoms with Crippen molar-refractivity contribution in [1.82, 2.24) is 10.3 Å². The summed E-state index contributed by atoms with van der Waals surface area (Å²) in [5.41, 5.74) is 12.2. The molecule has 6 nitrogen and oxygen atoms in total. The number of hydrogen-bond donors (Lipinski definition) is 5. The minimum atomic E-state index is 0.750. The van der Waals surface area contributed by atoms with Crippen LogP contribution in [-0.4, -0.2) is 31.5 Å². The van der Waals surface area contributed by atoms with E-state index in [1.165, 1.54) is 11.1 Å². The Morgan fingerprint density at radius 3 is 2.29 bits per heavy atom. The van der Waals surface area contributed by atoms with Gasteiger partial charge in [-0.1, -0.05) is 24.3 Å². The molecule has 160 valence electrons. The number of nitrogens with two attached hydrogens (primary N) is 1. The van der Waals surface area contributed by atoms with Crippen LogP contribution < -0.4 is 21.7 Å². The zero-order chi connectivity index (χ0) is 22.2. The first-order valence-electron chi connectivity index (χ1n) is 10.3. The Morgan fingerprint density at radius 1 is 0.871 bits per heavy atom. The van der Waals surface area contributed by atoms with Gasteiger partial charge < -0.3 is 21.7 Å². The lowest BCUT2D eigenvalue weighted by Crippen LogP contribution is -2.18. The molecule has 0 aliphatic rings. The average molecular weight is 415 g/mol. The van der Waals surface area contributed by atoms with E-state index in [0.717, 1.165) is 58.3 Å². The molecule has 0 unspecified atom stereocenters. The lowest BCUT2D eigenvalue weighted by Gasteiger charge is -2.15. The van der Waals surface area contributed by atoms with Crippen molar-refractivity contribution >= 4 is 45.2 Å². The highest BCUT2D eigenvalue weighted by atomic mass is 14.9. The summed E-state index contributed by atoms with van der Waals surface area (Å²) in [7, 11) is 1.97. The molecule has 0 aliphatic carbocycles. The minimum absolute atomic E-state index is 0.750. The largest absolute Gasteiger partial charge is 0.390 e. The van der Waals surface area contributed by atoms with E-state index in [-0.39, 0.29) is 0 Å². The van der Waals surface area contributed by atoms with Gasteiger partial charge in [-0.15, -0.1) is 0 Å². The number of aryl methyl sites for hydroxylation is 2. The van der Waals surface area contributed by atoms with Crippen molar-refractivity contribution in [2.45, 2.75) is 13.8 Å². The number of nitrogens with zero attached hydrogens (tertiary/aromatic N) is 1. The highest BCUT2D eigenvalue weighted by Gasteiger charge is 2.09. The van der Waals surface area contributed by atoms with Crippen LogP contribution in [0.25, 0.3) is 21.8 Å². The highest BCUT2D eigenvalue weighted by Crippen LogP contribution is 2.32. The SMILES string of the molecule is CNCCNc1c2ccccc2nc2cc(Nc3ccc(C)c(C)c3)ccc12.N=CN. The van der Waals surface area contributed by atoms with Crippen LogP contribution >= 0.6 is 0 Å². The predicted molar refractivity (Wildman–Crippen MR) is 134 cm³/mol. The molecule has 0 atom stereocenters. The van der Waals surface area contributed by atoms with Crippen LogP contribution in [0, 0.1) is 19.3 Å². The molecule has 0 bridgehead atoms. The molecule has 6 N–H and O–H groups in total. The lowest BCUT2D eigenvalue weighted by atomic mass is 10.1. The molecule has 0 fully saturated rings. The number of nitrogens with one attached hydrogen (secondary N) is 4. The second-order valence-corrected chi connectivity index (χ2v) is 7.36. The molecule has 31 heavy (non-hydrogen) atoms. The third kappa shape index (κ3) is 5.29. The molecule has 4 rings (SSSR count). The fraction of sp³-hybridized carbons (Fsp3) is 0.200. The summed E-state index contributed by atoms with van der Waals surface area (Å²) in [5.74, 6) is 0. The second-order valence-electron chi connectivity index (χ2n) is 7.36. The Kier molecular flexibility index (Phi) is 7.40. The Morgan fingerprint density at radius 2 is 1.55 bits per heavy atom. The van der Waals surface area contributed by atoms with E-state index in [9.17, 15) is 0 Å². The van der Waals surface area contributed by atoms with Gasteiger partial charge in [0.1, 0.15) is 0 Å². The van der Waals surface area contributed by atoms with Crippen molar-refractivity contribution in [2.24, 2.45) is 5.73 Å². The first-order chi connectivity index (χ1) is 15.1. The van der Waals surface area contributed by atoms with E-state index in [0.29, 0.717) is 0 Å². The molecule has 0 aliphatic heterocycles. The predicted octanol–water partition coefficient (Wildman–Crippen LogP) is 4.93. The topological polar surface area (TPSA) is 98.9 Å². The third-order valence-corrected chi connectivity index (χ3v) is 5.15. The number of para-hydroxylation sites is 1. The molecule has 0 amide bonds. The number of rotatable bonds is 6. The van der Waals surface area contributed by atoms with Crippen molar-refractivity contribution in [3.8, 4) is 0 Å². The smallest absolute Gasteiger partial charge is 0.0765 e. The fourth-order valence-corrected chi connectivity index (χ4v) is 3.46. The molecule has 6 heteroatoms. The highest BCUT2D eigenvalue weighted by molar-refractivity contribution is 6.08. The van der Waals surface area contributed by atoms with Crippen molar-refractivity contribution < 1.29 is 0 Å². The average Bonchev–Trinajstić information content (AvgIpc) is 2.76. The van der Waals surface area contributed by atoms with Gasteiger partial charge in [0.05, 0.1) is 23.1 Å². The maximum atomic E-state index is 5.86. The van der Waals surface area contributed by atoms with Crippen LogP contribution in [0.3, 0.4) is 0 Å². The van der Waals surface area contributed by atoms with E-state index in [1.807, 2.05) is 13.1 Å². The zero-order valence-electron chi connectivity index (χ0n) is 18.3. The Bertz CT molecular complexity index is 1190. The van der Waals surface area contributed by atoms with Gasteiger partial charge in [0.15, 0.2) is 0 Å². The van der Waals surface area contributed by atoms with Crippen LogP contribution in [0.5, 0.6) is 0 Å². The van der Waals surface area contributed by atoms with Gasteiger partial charge in [-0.2, -0.15) is 0 Å². The number of hydrogen-bond acceptors (Lipinski definition) is 5. The molecule has 0 spiro atoms. The fourth-order valence-electron chi connectivity index (χ4n) is 3.46. The minimum Gasteiger partial charge on any atom is -0.390 e. The van der Waals surface area contributed by atoms with Gasteiger partial charge >= 0.3 is 0 Å². The summed E-state index contributed by atoms with van der Waals surface area (Å²) >= 11 is 0. The van der Waals surface area contributed by atoms with Gasteiger partial charge in [-0.05, 0) is 68.4 Å². The van der Waals surface area contributed by atoms with E-state index < -0.39 is 0 Å². The molecule has 1 aromatic heterocycles. The summed E-state index contributed by atoms with van der Waals surface area (Å²) in [6, 6.07) is 21.1. The number of benzene rings is 3. The molecule has 1 heterocycles. The second kappa shape index (κ2) is 10.4. The molecule has 3 aromatic carbocycles. The molecular formula is C25H30N6. The normalized spacial score (nSPS) is 10.4. The van der Waals surface area contributed by atoms with Crippen LogP contribution in [0.1, 0.15) is 11.1 Å². The summed E-state index contributed by atoms with van der Waals surface area (Å²) in [5, 5.41) is 18.4. The first kappa shape index (κ1) is 22.1. The number of aromatic nitrogens is 1. The van der Waals surface area contributed by atoms with Gasteiger partial charge in [0.25, 0.3) is 0 Å². The molecular weight excluding hydrogens is 384 g/mol. The standard InChI is InChI=1S/C24H26N4.CH4N2/c1-16-8-9-18(14-17(16)2)27-19-10-11-21-23(15-19)28-22-7-5-4-6-20(22)24(21)26-13-12-25-3;2-1-3/h4-11,14-15,25,27H,12-13H2,1-3H3,(H,26,28);1H,(H3,2,3). The Balaban J connectivity index is 0.000000858. The van der Waals surface area contributed by atoms with E-state index >= 15 is 0 Å². The molecule has 0 radical (unpaired) electrons. The van der Waals surface area contributed by atoms with Gasteiger partial charge in [-0.3, -0.25) is 5.41 Å². The summed E-state index contributed by atoms with van der Waals surface area (Å²) in [6.45, 7) is 6.04. The van der Waals surface area contributed by atoms with E-state index in [2.05, 4.69) is 90.1 Å². The van der Waals surface area contributed by atoms with Crippen LogP contribution in [0.4, 0.5) is 17.1 Å². The lowest BCUT2D eigenvalue weighted by molar-refractivity contribution is 0.825. The number of anilines is 3. The number of likely N-dealkylation sites (N-methyl/N-ethyl adjacent to an activating group) is 1. The quantitative estimate of drug-likeness (QED) is 0.133.